The number of hydrogen-bond acceptors (Lipinski definition) is 6. The summed E-state index contributed by atoms with van der Waals surface area (Å²) in [4.78, 5) is 12.4. The van der Waals surface area contributed by atoms with Gasteiger partial charge in [-0.05, 0) is 48.0 Å². The average molecular weight is 491 g/mol. The van der Waals surface area contributed by atoms with Crippen LogP contribution in [0.4, 0.5) is 5.69 Å². The maximum absolute atomic E-state index is 13.0. The number of anilines is 1. The Morgan fingerprint density at radius 2 is 1.75 bits per heavy atom. The second kappa shape index (κ2) is 8.85. The van der Waals surface area contributed by atoms with Crippen LogP contribution < -0.4 is 19.1 Å². The first-order chi connectivity index (χ1) is 15.3. The Morgan fingerprint density at radius 3 is 2.44 bits per heavy atom. The molecule has 0 fully saturated rings. The number of aromatic nitrogens is 1. The molecule has 0 saturated carbocycles. The number of rotatable bonds is 7. The highest BCUT2D eigenvalue weighted by Crippen LogP contribution is 2.31. The molecule has 7 nitrogen and oxygen atoms in total. The molecule has 1 heterocycles. The molecule has 4 aromatic rings. The van der Waals surface area contributed by atoms with Gasteiger partial charge >= 0.3 is 4.87 Å². The maximum atomic E-state index is 13.0. The molecule has 0 spiro atoms. The molecule has 32 heavy (non-hydrogen) atoms. The van der Waals surface area contributed by atoms with Gasteiger partial charge in [0, 0.05) is 11.1 Å². The minimum Gasteiger partial charge on any atom is -0.497 e. The Kier molecular flexibility index (Phi) is 6.14. The van der Waals surface area contributed by atoms with Gasteiger partial charge in [0.15, 0.2) is 0 Å². The van der Waals surface area contributed by atoms with Crippen molar-refractivity contribution in [3.05, 3.63) is 80.9 Å². The van der Waals surface area contributed by atoms with Crippen molar-refractivity contribution in [1.82, 2.24) is 4.57 Å². The van der Waals surface area contributed by atoms with E-state index in [1.807, 2.05) is 12.1 Å². The van der Waals surface area contributed by atoms with Gasteiger partial charge in [0.2, 0.25) is 0 Å². The second-order valence-corrected chi connectivity index (χ2v) is 9.99. The molecule has 0 amide bonds. The highest BCUT2D eigenvalue weighted by Gasteiger charge is 2.19. The first kappa shape index (κ1) is 22.2. The first-order valence-electron chi connectivity index (χ1n) is 9.43. The molecule has 0 radical (unpaired) electrons. The standard InChI is InChI=1S/C22H19ClN2O5S2/c1-29-16-7-9-18(20(11-16)30-2)24-32(27,28)17-8-10-19-21(12-17)31-22(26)25(19)13-14-3-5-15(23)6-4-14/h3-12,24H,13H2,1-2H3. The van der Waals surface area contributed by atoms with Crippen molar-refractivity contribution < 1.29 is 17.9 Å². The predicted molar refractivity (Wildman–Crippen MR) is 127 cm³/mol. The van der Waals surface area contributed by atoms with Crippen LogP contribution in [0.25, 0.3) is 10.2 Å². The third-order valence-electron chi connectivity index (χ3n) is 4.86. The van der Waals surface area contributed by atoms with Crippen LogP contribution in [0.2, 0.25) is 5.02 Å². The van der Waals surface area contributed by atoms with Gasteiger partial charge in [-0.1, -0.05) is 35.1 Å². The summed E-state index contributed by atoms with van der Waals surface area (Å²) in [6.07, 6.45) is 0. The SMILES string of the molecule is COc1ccc(NS(=O)(=O)c2ccc3c(c2)sc(=O)n3Cc2ccc(Cl)cc2)c(OC)c1. The highest BCUT2D eigenvalue weighted by molar-refractivity contribution is 7.92. The van der Waals surface area contributed by atoms with Crippen LogP contribution in [0.5, 0.6) is 11.5 Å². The van der Waals surface area contributed by atoms with E-state index in [0.29, 0.717) is 33.3 Å². The average Bonchev–Trinajstić information content (AvgIpc) is 3.09. The summed E-state index contributed by atoms with van der Waals surface area (Å²) >= 11 is 6.93. The zero-order valence-electron chi connectivity index (χ0n) is 17.2. The van der Waals surface area contributed by atoms with E-state index in [2.05, 4.69) is 4.72 Å². The smallest absolute Gasteiger partial charge is 0.308 e. The van der Waals surface area contributed by atoms with Crippen molar-refractivity contribution in [3.63, 3.8) is 0 Å². The van der Waals surface area contributed by atoms with Crippen LogP contribution >= 0.6 is 22.9 Å². The summed E-state index contributed by atoms with van der Waals surface area (Å²) in [6.45, 7) is 0.364. The van der Waals surface area contributed by atoms with Gasteiger partial charge in [0.25, 0.3) is 10.0 Å². The van der Waals surface area contributed by atoms with Crippen molar-refractivity contribution in [2.75, 3.05) is 18.9 Å². The fourth-order valence-electron chi connectivity index (χ4n) is 3.22. The van der Waals surface area contributed by atoms with Gasteiger partial charge in [0.05, 0.1) is 41.6 Å². The lowest BCUT2D eigenvalue weighted by atomic mass is 10.2. The van der Waals surface area contributed by atoms with Crippen molar-refractivity contribution in [3.8, 4) is 11.5 Å². The largest absolute Gasteiger partial charge is 0.497 e. The van der Waals surface area contributed by atoms with E-state index in [1.165, 1.54) is 26.4 Å². The zero-order chi connectivity index (χ0) is 22.9. The van der Waals surface area contributed by atoms with Crippen molar-refractivity contribution in [2.24, 2.45) is 0 Å². The van der Waals surface area contributed by atoms with E-state index < -0.39 is 10.0 Å². The number of methoxy groups -OCH3 is 2. The molecule has 166 valence electrons. The fraction of sp³-hybridized carbons (Fsp3) is 0.136. The van der Waals surface area contributed by atoms with Gasteiger partial charge in [0.1, 0.15) is 11.5 Å². The van der Waals surface area contributed by atoms with Crippen LogP contribution in [-0.4, -0.2) is 27.2 Å². The van der Waals surface area contributed by atoms with Gasteiger partial charge in [-0.15, -0.1) is 0 Å². The lowest BCUT2D eigenvalue weighted by Gasteiger charge is -2.13. The third-order valence-corrected chi connectivity index (χ3v) is 7.41. The molecule has 0 atom stereocenters. The van der Waals surface area contributed by atoms with E-state index in [0.717, 1.165) is 16.9 Å². The number of nitrogens with zero attached hydrogens (tertiary/aromatic N) is 1. The van der Waals surface area contributed by atoms with Crippen LogP contribution in [0.3, 0.4) is 0 Å². The Balaban J connectivity index is 1.66. The van der Waals surface area contributed by atoms with Crippen LogP contribution in [0, 0.1) is 0 Å². The van der Waals surface area contributed by atoms with E-state index in [4.69, 9.17) is 21.1 Å². The molecular weight excluding hydrogens is 472 g/mol. The number of sulfonamides is 1. The monoisotopic (exact) mass is 490 g/mol. The Labute approximate surface area is 193 Å². The second-order valence-electron chi connectivity index (χ2n) is 6.88. The summed E-state index contributed by atoms with van der Waals surface area (Å²) in [5, 5.41) is 0.618. The molecule has 0 saturated heterocycles. The summed E-state index contributed by atoms with van der Waals surface area (Å²) < 4.78 is 41.1. The molecular formula is C22H19ClN2O5S2. The number of halogens is 1. The van der Waals surface area contributed by atoms with Gasteiger partial charge in [-0.2, -0.15) is 0 Å². The summed E-state index contributed by atoms with van der Waals surface area (Å²) in [6, 6.07) is 16.6. The Hall–Kier alpha value is -3.01. The molecule has 10 heteroatoms. The van der Waals surface area contributed by atoms with Gasteiger partial charge in [-0.3, -0.25) is 14.1 Å². The number of hydrogen-bond donors (Lipinski definition) is 1. The predicted octanol–water partition coefficient (Wildman–Crippen LogP) is 4.58. The molecule has 4 rings (SSSR count). The van der Waals surface area contributed by atoms with E-state index in [-0.39, 0.29) is 15.5 Å². The van der Waals surface area contributed by atoms with Gasteiger partial charge in [-0.25, -0.2) is 8.42 Å². The lowest BCUT2D eigenvalue weighted by molar-refractivity contribution is 0.395. The van der Waals surface area contributed by atoms with Gasteiger partial charge < -0.3 is 9.47 Å². The fourth-order valence-corrected chi connectivity index (χ4v) is 5.45. The number of fused-ring (bicyclic) bond motifs is 1. The van der Waals surface area contributed by atoms with Crippen molar-refractivity contribution >= 4 is 48.9 Å². The molecule has 0 aliphatic heterocycles. The van der Waals surface area contributed by atoms with E-state index >= 15 is 0 Å². The van der Waals surface area contributed by atoms with Crippen LogP contribution in [0.1, 0.15) is 5.56 Å². The number of benzene rings is 3. The molecule has 0 aliphatic rings. The quantitative estimate of drug-likeness (QED) is 0.409. The number of ether oxygens (including phenoxy) is 2. The minimum absolute atomic E-state index is 0.0442. The summed E-state index contributed by atoms with van der Waals surface area (Å²) in [7, 11) is -0.958. The maximum Gasteiger partial charge on any atom is 0.308 e. The zero-order valence-corrected chi connectivity index (χ0v) is 19.6. The molecule has 3 aromatic carbocycles. The number of thiazole rings is 1. The topological polar surface area (TPSA) is 86.6 Å². The highest BCUT2D eigenvalue weighted by atomic mass is 35.5. The normalized spacial score (nSPS) is 11.5. The summed E-state index contributed by atoms with van der Waals surface area (Å²) in [5.41, 5.74) is 1.86. The molecule has 1 N–H and O–H groups in total. The third kappa shape index (κ3) is 4.45. The van der Waals surface area contributed by atoms with Crippen molar-refractivity contribution in [2.45, 2.75) is 11.4 Å². The van der Waals surface area contributed by atoms with E-state index in [1.54, 1.807) is 41.0 Å². The Morgan fingerprint density at radius 1 is 1.00 bits per heavy atom. The molecule has 1 aromatic heterocycles. The summed E-state index contributed by atoms with van der Waals surface area (Å²) in [5.74, 6) is 0.866. The minimum atomic E-state index is -3.91. The molecule has 0 bridgehead atoms. The van der Waals surface area contributed by atoms with Crippen LogP contribution in [-0.2, 0) is 16.6 Å². The van der Waals surface area contributed by atoms with E-state index in [9.17, 15) is 13.2 Å². The molecule has 0 unspecified atom stereocenters. The Bertz CT molecular complexity index is 1440. The lowest BCUT2D eigenvalue weighted by Crippen LogP contribution is -2.14. The number of nitrogens with one attached hydrogen (secondary N) is 1. The molecule has 0 aliphatic carbocycles. The van der Waals surface area contributed by atoms with Crippen LogP contribution in [0.15, 0.2) is 70.4 Å². The van der Waals surface area contributed by atoms with Crippen molar-refractivity contribution in [1.29, 1.82) is 0 Å². The first-order valence-corrected chi connectivity index (χ1v) is 12.1.